The largest absolute Gasteiger partial charge is 0.144 e. The van der Waals surface area contributed by atoms with E-state index in [1.165, 1.54) is 74.3 Å². The highest BCUT2D eigenvalue weighted by atomic mass is 32.1. The summed E-state index contributed by atoms with van der Waals surface area (Å²) < 4.78 is 2.99. The molecule has 0 atom stereocenters. The lowest BCUT2D eigenvalue weighted by Crippen LogP contribution is -1.91. The molecule has 3 rings (SSSR count). The van der Waals surface area contributed by atoms with Gasteiger partial charge in [-0.2, -0.15) is 0 Å². The molecule has 1 aromatic carbocycles. The first-order valence-corrected chi connectivity index (χ1v) is 11.4. The van der Waals surface area contributed by atoms with Crippen LogP contribution in [-0.2, 0) is 12.8 Å². The number of hydrogen-bond acceptors (Lipinski definition) is 2. The maximum Gasteiger partial charge on any atom is 0.0435 e. The van der Waals surface area contributed by atoms with Crippen LogP contribution >= 0.6 is 22.7 Å². The van der Waals surface area contributed by atoms with Crippen LogP contribution in [0.4, 0.5) is 0 Å². The molecule has 0 N–H and O–H groups in total. The predicted molar refractivity (Wildman–Crippen MR) is 113 cm³/mol. The van der Waals surface area contributed by atoms with Crippen LogP contribution in [0.1, 0.15) is 75.7 Å². The molecule has 0 spiro atoms. The zero-order chi connectivity index (χ0) is 16.8. The number of thiophene rings is 2. The topological polar surface area (TPSA) is 0 Å². The normalized spacial score (nSPS) is 11.8. The van der Waals surface area contributed by atoms with Crippen LogP contribution < -0.4 is 0 Å². The van der Waals surface area contributed by atoms with Crippen LogP contribution in [0.2, 0.25) is 0 Å². The lowest BCUT2D eigenvalue weighted by molar-refractivity contribution is 0.655. The Morgan fingerprint density at radius 2 is 1.50 bits per heavy atom. The van der Waals surface area contributed by atoms with Crippen molar-refractivity contribution in [2.45, 2.75) is 78.1 Å². The first kappa shape index (κ1) is 17.9. The molecule has 0 aliphatic rings. The molecule has 2 heteroatoms. The highest BCUT2D eigenvalue weighted by Gasteiger charge is 2.14. The molecule has 0 saturated heterocycles. The highest BCUT2D eigenvalue weighted by Crippen LogP contribution is 2.39. The first-order valence-electron chi connectivity index (χ1n) is 9.75. The van der Waals surface area contributed by atoms with Crippen LogP contribution in [-0.4, -0.2) is 0 Å². The Labute approximate surface area is 154 Å². The lowest BCUT2D eigenvalue weighted by atomic mass is 10.00. The lowest BCUT2D eigenvalue weighted by Gasteiger charge is -2.05. The number of benzene rings is 1. The van der Waals surface area contributed by atoms with Crippen molar-refractivity contribution in [2.75, 3.05) is 0 Å². The monoisotopic (exact) mass is 358 g/mol. The number of aryl methyl sites for hydroxylation is 2. The molecule has 0 radical (unpaired) electrons. The zero-order valence-corrected chi connectivity index (χ0v) is 16.8. The highest BCUT2D eigenvalue weighted by molar-refractivity contribution is 7.22. The van der Waals surface area contributed by atoms with Crippen molar-refractivity contribution in [1.82, 2.24) is 0 Å². The van der Waals surface area contributed by atoms with Gasteiger partial charge in [-0.3, -0.25) is 0 Å². The number of fused-ring (bicyclic) bond motifs is 3. The van der Waals surface area contributed by atoms with Gasteiger partial charge in [-0.25, -0.2) is 0 Å². The minimum Gasteiger partial charge on any atom is -0.144 e. The summed E-state index contributed by atoms with van der Waals surface area (Å²) in [5.41, 5.74) is 1.68. The quantitative estimate of drug-likeness (QED) is 0.319. The fraction of sp³-hybridized carbons (Fsp3) is 0.545. The molecule has 24 heavy (non-hydrogen) atoms. The van der Waals surface area contributed by atoms with E-state index in [1.54, 1.807) is 20.5 Å². The first-order chi connectivity index (χ1) is 11.8. The van der Waals surface area contributed by atoms with Gasteiger partial charge in [0.2, 0.25) is 0 Å². The molecule has 0 fully saturated rings. The summed E-state index contributed by atoms with van der Waals surface area (Å²) in [6.07, 6.45) is 13.4. The average molecular weight is 359 g/mol. The van der Waals surface area contributed by atoms with Gasteiger partial charge in [0.15, 0.2) is 0 Å². The molecule has 0 aliphatic carbocycles. The van der Waals surface area contributed by atoms with Crippen molar-refractivity contribution in [2.24, 2.45) is 0 Å². The van der Waals surface area contributed by atoms with Crippen LogP contribution in [0.3, 0.4) is 0 Å². The van der Waals surface area contributed by atoms with Gasteiger partial charge in [0.25, 0.3) is 0 Å². The maximum absolute atomic E-state index is 2.40. The van der Waals surface area contributed by atoms with E-state index < -0.39 is 0 Å². The van der Waals surface area contributed by atoms with Crippen molar-refractivity contribution >= 4 is 42.8 Å². The fourth-order valence-electron chi connectivity index (χ4n) is 3.62. The van der Waals surface area contributed by atoms with Gasteiger partial charge < -0.3 is 0 Å². The van der Waals surface area contributed by atoms with Gasteiger partial charge >= 0.3 is 0 Å². The Balaban J connectivity index is 1.87. The van der Waals surface area contributed by atoms with Crippen molar-refractivity contribution < 1.29 is 0 Å². The molecule has 2 aromatic heterocycles. The van der Waals surface area contributed by atoms with Gasteiger partial charge in [-0.05, 0) is 54.1 Å². The van der Waals surface area contributed by atoms with E-state index in [-0.39, 0.29) is 0 Å². The van der Waals surface area contributed by atoms with Gasteiger partial charge in [0.05, 0.1) is 0 Å². The number of hydrogen-bond donors (Lipinski definition) is 0. The van der Waals surface area contributed by atoms with Crippen molar-refractivity contribution in [3.05, 3.63) is 34.0 Å². The van der Waals surface area contributed by atoms with Crippen molar-refractivity contribution in [3.8, 4) is 0 Å². The number of unbranched alkanes of at least 4 members (excludes halogenated alkanes) is 6. The van der Waals surface area contributed by atoms with E-state index in [1.807, 2.05) is 11.3 Å². The molecule has 0 unspecified atom stereocenters. The summed E-state index contributed by atoms with van der Waals surface area (Å²) in [5, 5.41) is 5.27. The molecule has 0 nitrogen and oxygen atoms in total. The van der Waals surface area contributed by atoms with Crippen LogP contribution in [0.5, 0.6) is 0 Å². The Hall–Kier alpha value is -0.860. The SMILES string of the molecule is CCCCCCc1sc2c(ccc3sccc32)c1CCCCCC. The summed E-state index contributed by atoms with van der Waals surface area (Å²) in [7, 11) is 0. The van der Waals surface area contributed by atoms with Gasteiger partial charge in [0.1, 0.15) is 0 Å². The van der Waals surface area contributed by atoms with Crippen LogP contribution in [0.25, 0.3) is 20.2 Å². The molecule has 0 saturated carbocycles. The second kappa shape index (κ2) is 9.01. The third-order valence-corrected chi connectivity index (χ3v) is 7.23. The molecular formula is C22H30S2. The zero-order valence-electron chi connectivity index (χ0n) is 15.2. The van der Waals surface area contributed by atoms with E-state index in [0.29, 0.717) is 0 Å². The minimum absolute atomic E-state index is 1.28. The predicted octanol–water partition coefficient (Wildman–Crippen LogP) is 8.36. The second-order valence-electron chi connectivity index (χ2n) is 6.90. The Kier molecular flexibility index (Phi) is 6.74. The van der Waals surface area contributed by atoms with Crippen LogP contribution in [0.15, 0.2) is 23.6 Å². The molecular weight excluding hydrogens is 328 g/mol. The summed E-state index contributed by atoms with van der Waals surface area (Å²) in [5.74, 6) is 0. The van der Waals surface area contributed by atoms with E-state index in [0.717, 1.165) is 0 Å². The summed E-state index contributed by atoms with van der Waals surface area (Å²) >= 11 is 3.96. The molecule has 3 aromatic rings. The summed E-state index contributed by atoms with van der Waals surface area (Å²) in [6.45, 7) is 4.60. The second-order valence-corrected chi connectivity index (χ2v) is 8.95. The molecule has 0 bridgehead atoms. The Morgan fingerprint density at radius 1 is 0.750 bits per heavy atom. The van der Waals surface area contributed by atoms with Crippen molar-refractivity contribution in [1.29, 1.82) is 0 Å². The smallest absolute Gasteiger partial charge is 0.0435 e. The fourth-order valence-corrected chi connectivity index (χ4v) is 5.89. The van der Waals surface area contributed by atoms with Crippen LogP contribution in [0, 0.1) is 0 Å². The summed E-state index contributed by atoms with van der Waals surface area (Å²) in [4.78, 5) is 1.68. The van der Waals surface area contributed by atoms with E-state index >= 15 is 0 Å². The Morgan fingerprint density at radius 3 is 2.25 bits per heavy atom. The van der Waals surface area contributed by atoms with Gasteiger partial charge in [0, 0.05) is 19.7 Å². The molecule has 2 heterocycles. The maximum atomic E-state index is 2.40. The molecule has 130 valence electrons. The Bertz CT molecular complexity index is 763. The molecule has 0 amide bonds. The minimum atomic E-state index is 1.28. The van der Waals surface area contributed by atoms with E-state index in [4.69, 9.17) is 0 Å². The average Bonchev–Trinajstić information content (AvgIpc) is 3.20. The van der Waals surface area contributed by atoms with E-state index in [2.05, 4.69) is 48.8 Å². The van der Waals surface area contributed by atoms with Gasteiger partial charge in [-0.15, -0.1) is 22.7 Å². The standard InChI is InChI=1S/C22H30S2/c1-3-5-7-9-11-17-18-13-14-20-19(15-16-23-20)22(18)24-21(17)12-10-8-6-4-2/h13-16H,3-12H2,1-2H3. The molecule has 0 aliphatic heterocycles. The van der Waals surface area contributed by atoms with Crippen molar-refractivity contribution in [3.63, 3.8) is 0 Å². The third kappa shape index (κ3) is 4.03. The summed E-state index contributed by atoms with van der Waals surface area (Å²) in [6, 6.07) is 7.06. The van der Waals surface area contributed by atoms with E-state index in [9.17, 15) is 0 Å². The number of rotatable bonds is 10. The third-order valence-electron chi connectivity index (χ3n) is 5.01. The van der Waals surface area contributed by atoms with Gasteiger partial charge in [-0.1, -0.05) is 58.4 Å².